The van der Waals surface area contributed by atoms with E-state index in [1.165, 1.54) is 0 Å². The van der Waals surface area contributed by atoms with Gasteiger partial charge in [-0.05, 0) is 55.5 Å². The Morgan fingerprint density at radius 1 is 0.966 bits per heavy atom. The Bertz CT molecular complexity index is 1180. The van der Waals surface area contributed by atoms with Gasteiger partial charge in [0.1, 0.15) is 5.82 Å². The molecule has 0 atom stereocenters. The lowest BCUT2D eigenvalue weighted by Gasteiger charge is -2.12. The fourth-order valence-corrected chi connectivity index (χ4v) is 3.20. The average Bonchev–Trinajstić information content (AvgIpc) is 2.75. The molecule has 0 aliphatic carbocycles. The molecule has 4 aromatic rings. The molecule has 1 N–H and O–H groups in total. The van der Waals surface area contributed by atoms with E-state index in [9.17, 15) is 4.79 Å². The molecule has 0 saturated carbocycles. The van der Waals surface area contributed by atoms with Crippen LogP contribution in [0.15, 0.2) is 72.8 Å². The Balaban J connectivity index is 1.73. The number of carbonyl (C=O) groups is 1. The molecule has 4 rings (SSSR count). The van der Waals surface area contributed by atoms with Crippen molar-refractivity contribution in [2.75, 3.05) is 11.9 Å². The number of esters is 1. The quantitative estimate of drug-likeness (QED) is 0.422. The van der Waals surface area contributed by atoms with Crippen LogP contribution in [0.5, 0.6) is 0 Å². The number of carbonyl (C=O) groups excluding carboxylic acids is 1. The van der Waals surface area contributed by atoms with Crippen LogP contribution < -0.4 is 5.32 Å². The number of benzene rings is 3. The number of para-hydroxylation sites is 1. The number of hydrogen-bond donors (Lipinski definition) is 1. The lowest BCUT2D eigenvalue weighted by Crippen LogP contribution is -2.04. The van der Waals surface area contributed by atoms with E-state index < -0.39 is 0 Å². The summed E-state index contributed by atoms with van der Waals surface area (Å²) in [7, 11) is 0. The number of anilines is 2. The van der Waals surface area contributed by atoms with Gasteiger partial charge in [0, 0.05) is 16.6 Å². The second-order valence-electron chi connectivity index (χ2n) is 6.32. The summed E-state index contributed by atoms with van der Waals surface area (Å²) in [6.45, 7) is 2.13. The van der Waals surface area contributed by atoms with Crippen LogP contribution in [0, 0.1) is 0 Å². The number of nitrogens with one attached hydrogen (secondary N) is 1. The van der Waals surface area contributed by atoms with Crippen molar-refractivity contribution < 1.29 is 9.53 Å². The van der Waals surface area contributed by atoms with Crippen LogP contribution in [-0.2, 0) is 4.74 Å². The summed E-state index contributed by atoms with van der Waals surface area (Å²) in [4.78, 5) is 21.2. The van der Waals surface area contributed by atoms with Gasteiger partial charge in [0.15, 0.2) is 5.82 Å². The van der Waals surface area contributed by atoms with Gasteiger partial charge in [-0.1, -0.05) is 35.9 Å². The van der Waals surface area contributed by atoms with Crippen molar-refractivity contribution in [1.82, 2.24) is 9.97 Å². The molecule has 1 aromatic heterocycles. The van der Waals surface area contributed by atoms with Crippen LogP contribution in [-0.4, -0.2) is 22.5 Å². The van der Waals surface area contributed by atoms with E-state index in [4.69, 9.17) is 21.3 Å². The summed E-state index contributed by atoms with van der Waals surface area (Å²) < 4.78 is 5.03. The first-order valence-electron chi connectivity index (χ1n) is 9.21. The molecule has 0 radical (unpaired) electrons. The molecule has 0 saturated heterocycles. The summed E-state index contributed by atoms with van der Waals surface area (Å²) in [5.74, 6) is 0.863. The van der Waals surface area contributed by atoms with Crippen LogP contribution in [0.4, 0.5) is 11.5 Å². The van der Waals surface area contributed by atoms with E-state index in [-0.39, 0.29) is 5.97 Å². The highest BCUT2D eigenvalue weighted by Gasteiger charge is 2.12. The Kier molecular flexibility index (Phi) is 5.40. The summed E-state index contributed by atoms with van der Waals surface area (Å²) in [5.41, 5.74) is 2.87. The largest absolute Gasteiger partial charge is 0.462 e. The predicted molar refractivity (Wildman–Crippen MR) is 116 cm³/mol. The standard InChI is InChI=1S/C23H18ClN3O2/c1-2-29-23(28)15-11-13-16(14-12-15)25-22-18-8-4-6-10-20(18)26-21(27-22)17-7-3-5-9-19(17)24/h3-14H,2H2,1H3,(H,25,26,27). The van der Waals surface area contributed by atoms with Crippen LogP contribution in [0.3, 0.4) is 0 Å². The molecular formula is C23H18ClN3O2. The second kappa shape index (κ2) is 8.29. The van der Waals surface area contributed by atoms with Gasteiger partial charge >= 0.3 is 5.97 Å². The molecule has 0 aliphatic rings. The highest BCUT2D eigenvalue weighted by Crippen LogP contribution is 2.30. The van der Waals surface area contributed by atoms with E-state index in [1.54, 1.807) is 19.1 Å². The van der Waals surface area contributed by atoms with Gasteiger partial charge in [0.05, 0.1) is 22.7 Å². The number of fused-ring (bicyclic) bond motifs is 1. The molecule has 144 valence electrons. The lowest BCUT2D eigenvalue weighted by molar-refractivity contribution is 0.0526. The van der Waals surface area contributed by atoms with Gasteiger partial charge in [-0.25, -0.2) is 14.8 Å². The molecule has 0 aliphatic heterocycles. The molecule has 5 nitrogen and oxygen atoms in total. The Morgan fingerprint density at radius 2 is 1.69 bits per heavy atom. The van der Waals surface area contributed by atoms with Gasteiger partial charge in [0.25, 0.3) is 0 Å². The SMILES string of the molecule is CCOC(=O)c1ccc(Nc2nc(-c3ccccc3Cl)nc3ccccc23)cc1. The number of nitrogens with zero attached hydrogens (tertiary/aromatic N) is 2. The van der Waals surface area contributed by atoms with Crippen molar-refractivity contribution in [3.8, 4) is 11.4 Å². The lowest BCUT2D eigenvalue weighted by atomic mass is 10.1. The highest BCUT2D eigenvalue weighted by molar-refractivity contribution is 6.33. The Hall–Kier alpha value is -3.44. The first kappa shape index (κ1) is 18.9. The number of halogens is 1. The fourth-order valence-electron chi connectivity index (χ4n) is 2.98. The first-order valence-corrected chi connectivity index (χ1v) is 9.59. The molecule has 3 aromatic carbocycles. The average molecular weight is 404 g/mol. The monoisotopic (exact) mass is 403 g/mol. The van der Waals surface area contributed by atoms with Crippen molar-refractivity contribution in [3.63, 3.8) is 0 Å². The molecule has 0 fully saturated rings. The van der Waals surface area contributed by atoms with Crippen molar-refractivity contribution in [2.45, 2.75) is 6.92 Å². The van der Waals surface area contributed by atoms with E-state index >= 15 is 0 Å². The molecule has 0 bridgehead atoms. The zero-order valence-electron chi connectivity index (χ0n) is 15.7. The van der Waals surface area contributed by atoms with E-state index in [2.05, 4.69) is 10.3 Å². The van der Waals surface area contributed by atoms with E-state index in [0.717, 1.165) is 22.2 Å². The van der Waals surface area contributed by atoms with Gasteiger partial charge in [0.2, 0.25) is 0 Å². The zero-order chi connectivity index (χ0) is 20.2. The second-order valence-corrected chi connectivity index (χ2v) is 6.72. The molecule has 0 amide bonds. The maximum Gasteiger partial charge on any atom is 0.338 e. The minimum atomic E-state index is -0.340. The third-order valence-corrected chi connectivity index (χ3v) is 4.71. The van der Waals surface area contributed by atoms with Crippen LogP contribution in [0.2, 0.25) is 5.02 Å². The minimum absolute atomic E-state index is 0.340. The van der Waals surface area contributed by atoms with Gasteiger partial charge in [-0.3, -0.25) is 0 Å². The smallest absolute Gasteiger partial charge is 0.338 e. The zero-order valence-corrected chi connectivity index (χ0v) is 16.5. The third kappa shape index (κ3) is 4.05. The molecule has 1 heterocycles. The van der Waals surface area contributed by atoms with Gasteiger partial charge in [-0.2, -0.15) is 0 Å². The highest BCUT2D eigenvalue weighted by atomic mass is 35.5. The van der Waals surface area contributed by atoms with E-state index in [1.807, 2.05) is 60.7 Å². The molecule has 6 heteroatoms. The van der Waals surface area contributed by atoms with Gasteiger partial charge < -0.3 is 10.1 Å². The maximum absolute atomic E-state index is 11.8. The van der Waals surface area contributed by atoms with Crippen LogP contribution in [0.1, 0.15) is 17.3 Å². The van der Waals surface area contributed by atoms with Crippen molar-refractivity contribution in [1.29, 1.82) is 0 Å². The number of ether oxygens (including phenoxy) is 1. The number of hydrogen-bond acceptors (Lipinski definition) is 5. The molecule has 0 unspecified atom stereocenters. The topological polar surface area (TPSA) is 64.1 Å². The number of aromatic nitrogens is 2. The fraction of sp³-hybridized carbons (Fsp3) is 0.0870. The van der Waals surface area contributed by atoms with Crippen molar-refractivity contribution in [3.05, 3.63) is 83.4 Å². The normalized spacial score (nSPS) is 10.7. The maximum atomic E-state index is 11.8. The molecule has 0 spiro atoms. The third-order valence-electron chi connectivity index (χ3n) is 4.38. The van der Waals surface area contributed by atoms with Crippen LogP contribution >= 0.6 is 11.6 Å². The molecule has 29 heavy (non-hydrogen) atoms. The van der Waals surface area contributed by atoms with E-state index in [0.29, 0.717) is 28.8 Å². The van der Waals surface area contributed by atoms with Crippen LogP contribution in [0.25, 0.3) is 22.3 Å². The van der Waals surface area contributed by atoms with Crippen molar-refractivity contribution >= 4 is 40.0 Å². The summed E-state index contributed by atoms with van der Waals surface area (Å²) in [6.07, 6.45) is 0. The molecular weight excluding hydrogens is 386 g/mol. The summed E-state index contributed by atoms with van der Waals surface area (Å²) in [6, 6.07) is 22.3. The predicted octanol–water partition coefficient (Wildman–Crippen LogP) is 5.87. The minimum Gasteiger partial charge on any atom is -0.462 e. The summed E-state index contributed by atoms with van der Waals surface area (Å²) in [5, 5.41) is 4.81. The first-order chi connectivity index (χ1) is 14.2. The van der Waals surface area contributed by atoms with Gasteiger partial charge in [-0.15, -0.1) is 0 Å². The van der Waals surface area contributed by atoms with Crippen molar-refractivity contribution in [2.24, 2.45) is 0 Å². The summed E-state index contributed by atoms with van der Waals surface area (Å²) >= 11 is 6.35. The number of rotatable bonds is 5. The Morgan fingerprint density at radius 3 is 2.45 bits per heavy atom. The Labute approximate surface area is 173 Å².